The molecule has 11 aromatic rings. The minimum atomic E-state index is -0.177. The molecule has 3 aromatic heterocycles. The Morgan fingerprint density at radius 2 is 1.13 bits per heavy atom. The molecule has 1 N–H and O–H groups in total. The molecule has 14 rings (SSSR count). The number of hydrogen-bond acceptors (Lipinski definition) is 3. The first-order valence-electron chi connectivity index (χ1n) is 24.5. The maximum absolute atomic E-state index is 4.06. The number of benzene rings is 8. The quantitative estimate of drug-likeness (QED) is 0.175. The highest BCUT2D eigenvalue weighted by molar-refractivity contribution is 7.26. The second kappa shape index (κ2) is 13.6. The Kier molecular flexibility index (Phi) is 8.15. The van der Waals surface area contributed by atoms with Gasteiger partial charge in [0.05, 0.1) is 5.52 Å². The largest absolute Gasteiger partial charge is 0.355 e. The number of nitrogens with zero attached hydrogens (tertiary/aromatic N) is 1. The van der Waals surface area contributed by atoms with E-state index in [0.717, 1.165) is 11.4 Å². The van der Waals surface area contributed by atoms with E-state index in [1.165, 1.54) is 142 Å². The molecule has 0 fully saturated rings. The Balaban J connectivity index is 1.06. The summed E-state index contributed by atoms with van der Waals surface area (Å²) in [6, 6.07) is 52.0. The monoisotopic (exact) mass is 913 g/mol. The van der Waals surface area contributed by atoms with E-state index in [0.29, 0.717) is 0 Å². The molecule has 0 spiro atoms. The van der Waals surface area contributed by atoms with Crippen molar-refractivity contribution in [1.29, 1.82) is 0 Å². The van der Waals surface area contributed by atoms with Crippen molar-refractivity contribution in [1.82, 2.24) is 4.57 Å². The molecule has 0 unspecified atom stereocenters. The normalized spacial score (nSPS) is 16.4. The highest BCUT2D eigenvalue weighted by Gasteiger charge is 2.43. The average molecular weight is 914 g/mol. The number of nitrogens with one attached hydrogen (secondary N) is 1. The second-order valence-electron chi connectivity index (χ2n) is 23.1. The zero-order valence-electron chi connectivity index (χ0n) is 40.5. The topological polar surface area (TPSA) is 17.0 Å². The van der Waals surface area contributed by atoms with Crippen LogP contribution in [-0.4, -0.2) is 11.8 Å². The van der Waals surface area contributed by atoms with E-state index >= 15 is 0 Å². The van der Waals surface area contributed by atoms with Crippen molar-refractivity contribution in [3.8, 4) is 27.9 Å². The molecule has 331 valence electrons. The molecule has 1 radical (unpaired) electrons. The van der Waals surface area contributed by atoms with Crippen LogP contribution in [0.15, 0.2) is 133 Å². The van der Waals surface area contributed by atoms with Crippen molar-refractivity contribution in [2.45, 2.75) is 96.8 Å². The van der Waals surface area contributed by atoms with Crippen LogP contribution in [-0.2, 0) is 21.7 Å². The summed E-state index contributed by atoms with van der Waals surface area (Å²) in [6.07, 6.45) is 2.40. The number of hydrogen-bond donors (Lipinski definition) is 1. The van der Waals surface area contributed by atoms with Crippen LogP contribution in [0.2, 0.25) is 0 Å². The molecule has 3 aliphatic rings. The number of anilines is 2. The van der Waals surface area contributed by atoms with Crippen LogP contribution in [0.3, 0.4) is 0 Å². The summed E-state index contributed by atoms with van der Waals surface area (Å²) in [5.41, 5.74) is 21.2. The third kappa shape index (κ3) is 5.64. The van der Waals surface area contributed by atoms with E-state index < -0.39 is 0 Å². The second-order valence-corrected chi connectivity index (χ2v) is 25.3. The van der Waals surface area contributed by atoms with Gasteiger partial charge in [-0.25, -0.2) is 0 Å². The zero-order valence-corrected chi connectivity index (χ0v) is 42.1. The van der Waals surface area contributed by atoms with Crippen LogP contribution in [0, 0.1) is 0 Å². The van der Waals surface area contributed by atoms with E-state index in [-0.39, 0.29) is 21.7 Å². The van der Waals surface area contributed by atoms with Gasteiger partial charge in [0.25, 0.3) is 0 Å². The Labute approximate surface area is 407 Å². The van der Waals surface area contributed by atoms with Crippen LogP contribution in [0.25, 0.3) is 90.1 Å². The summed E-state index contributed by atoms with van der Waals surface area (Å²) in [4.78, 5) is 0. The van der Waals surface area contributed by atoms with Crippen molar-refractivity contribution in [2.24, 2.45) is 0 Å². The fourth-order valence-electron chi connectivity index (χ4n) is 12.6. The molecule has 0 amide bonds. The first kappa shape index (κ1) is 40.9. The summed E-state index contributed by atoms with van der Waals surface area (Å²) in [5, 5.41) is 12.0. The smallest absolute Gasteiger partial charge is 0.197 e. The Bertz CT molecular complexity index is 4030. The van der Waals surface area contributed by atoms with Gasteiger partial charge in [-0.15, -0.1) is 22.7 Å². The van der Waals surface area contributed by atoms with E-state index in [2.05, 4.69) is 213 Å². The lowest BCUT2D eigenvalue weighted by Crippen LogP contribution is -2.37. The average Bonchev–Trinajstić information content (AvgIpc) is 4.02. The molecule has 2 nitrogen and oxygen atoms in total. The van der Waals surface area contributed by atoms with Gasteiger partial charge < -0.3 is 9.88 Å². The molecule has 5 heteroatoms. The Morgan fingerprint density at radius 3 is 1.82 bits per heavy atom. The molecule has 68 heavy (non-hydrogen) atoms. The molecule has 0 atom stereocenters. The summed E-state index contributed by atoms with van der Waals surface area (Å²) in [5.74, 6) is 0. The van der Waals surface area contributed by atoms with Crippen LogP contribution in [0.4, 0.5) is 11.4 Å². The Hall–Kier alpha value is -6.14. The molecule has 8 aromatic carbocycles. The van der Waals surface area contributed by atoms with Crippen LogP contribution in [0.5, 0.6) is 0 Å². The lowest BCUT2D eigenvalue weighted by molar-refractivity contribution is 0.331. The van der Waals surface area contributed by atoms with Crippen molar-refractivity contribution < 1.29 is 0 Å². The maximum Gasteiger partial charge on any atom is 0.197 e. The maximum atomic E-state index is 4.06. The fraction of sp³-hybridized carbons (Fsp3) is 0.238. The predicted octanol–water partition coefficient (Wildman–Crippen LogP) is 16.9. The van der Waals surface area contributed by atoms with E-state index in [1.54, 1.807) is 0 Å². The highest BCUT2D eigenvalue weighted by Crippen LogP contribution is 2.56. The standard InChI is InChI=1S/C63H54BN2S2/c1-60(2,3)34-18-20-35(21-19-34)65-51-32-47-40(41-27-48-49(31-46(41)63(47,8)9)62(6,7)25-24-61(48,4)5)26-42(51)38-22-23-39-43-30-56-45(37-15-11-13-17-55(37)67-56)29-52(43)66-53-33-57-44(28-50(53)64-58(38)59(39)66)36-14-10-12-16-54(36)68-57/h10-23,26-33,65H,24-25H2,1-9H3. The predicted molar refractivity (Wildman–Crippen MR) is 298 cm³/mol. The fourth-order valence-corrected chi connectivity index (χ4v) is 14.8. The molecule has 0 saturated carbocycles. The number of rotatable bonds is 3. The summed E-state index contributed by atoms with van der Waals surface area (Å²) in [7, 11) is 2.52. The summed E-state index contributed by atoms with van der Waals surface area (Å²) in [6.45, 7) is 21.6. The van der Waals surface area contributed by atoms with Crippen molar-refractivity contribution in [3.63, 3.8) is 0 Å². The van der Waals surface area contributed by atoms with E-state index in [1.807, 2.05) is 22.7 Å². The third-order valence-electron chi connectivity index (χ3n) is 16.6. The first-order valence-corrected chi connectivity index (χ1v) is 26.2. The molecule has 0 bridgehead atoms. The van der Waals surface area contributed by atoms with E-state index in [4.69, 9.17) is 0 Å². The first-order chi connectivity index (χ1) is 32.5. The lowest BCUT2D eigenvalue weighted by atomic mass is 9.59. The lowest BCUT2D eigenvalue weighted by Gasteiger charge is -2.42. The molecule has 4 heterocycles. The molecule has 1 aliphatic heterocycles. The van der Waals surface area contributed by atoms with Gasteiger partial charge in [-0.1, -0.05) is 141 Å². The van der Waals surface area contributed by atoms with Gasteiger partial charge in [0.2, 0.25) is 0 Å². The van der Waals surface area contributed by atoms with Crippen LogP contribution >= 0.6 is 22.7 Å². The minimum Gasteiger partial charge on any atom is -0.355 e. The van der Waals surface area contributed by atoms with Crippen molar-refractivity contribution in [3.05, 3.63) is 161 Å². The van der Waals surface area contributed by atoms with Gasteiger partial charge in [0, 0.05) is 79.3 Å². The van der Waals surface area contributed by atoms with Gasteiger partial charge in [0.1, 0.15) is 0 Å². The third-order valence-corrected chi connectivity index (χ3v) is 18.9. The molecular formula is C63H54BN2S2. The van der Waals surface area contributed by atoms with Crippen LogP contribution in [0.1, 0.15) is 103 Å². The van der Waals surface area contributed by atoms with Gasteiger partial charge >= 0.3 is 0 Å². The SMILES string of the molecule is CC(C)(C)c1ccc(Nc2cc3c(cc2-c2ccc4c5cc6sc7ccccc7c6cc5n5c4c2[B]c2cc4c(cc2-5)sc2ccccc24)-c2cc4c(cc2C3(C)C)C(C)(C)CCC4(C)C)cc1. The van der Waals surface area contributed by atoms with Crippen LogP contribution < -0.4 is 16.2 Å². The van der Waals surface area contributed by atoms with Gasteiger partial charge in [-0.3, -0.25) is 0 Å². The number of thiophene rings is 2. The van der Waals surface area contributed by atoms with Gasteiger partial charge in [0.15, 0.2) is 7.28 Å². The molecule has 2 aliphatic carbocycles. The van der Waals surface area contributed by atoms with Crippen molar-refractivity contribution in [2.75, 3.05) is 5.32 Å². The Morgan fingerprint density at radius 1 is 0.515 bits per heavy atom. The van der Waals surface area contributed by atoms with Gasteiger partial charge in [-0.2, -0.15) is 0 Å². The number of fused-ring (bicyclic) bond motifs is 15. The minimum absolute atomic E-state index is 0.0706. The number of aromatic nitrogens is 1. The van der Waals surface area contributed by atoms with Crippen molar-refractivity contribution >= 4 is 114 Å². The van der Waals surface area contributed by atoms with E-state index in [9.17, 15) is 0 Å². The molecular weight excluding hydrogens is 860 g/mol. The summed E-state index contributed by atoms with van der Waals surface area (Å²) >= 11 is 3.81. The molecule has 0 saturated heterocycles. The highest BCUT2D eigenvalue weighted by atomic mass is 32.1. The van der Waals surface area contributed by atoms with Gasteiger partial charge in [-0.05, 0) is 145 Å². The summed E-state index contributed by atoms with van der Waals surface area (Å²) < 4.78 is 7.95. The zero-order chi connectivity index (χ0) is 46.4.